The molecule has 0 saturated carbocycles. The molecule has 0 aromatic heterocycles. The maximum Gasteiger partial charge on any atom is 0.191 e. The monoisotopic (exact) mass is 284 g/mol. The highest BCUT2D eigenvalue weighted by molar-refractivity contribution is 9.10. The summed E-state index contributed by atoms with van der Waals surface area (Å²) >= 11 is 3.34. The van der Waals surface area contributed by atoms with Crippen molar-refractivity contribution in [2.75, 3.05) is 6.61 Å². The Labute approximate surface area is 105 Å². The molecule has 0 aliphatic rings. The van der Waals surface area contributed by atoms with Crippen LogP contribution < -0.4 is 0 Å². The molecule has 1 aromatic carbocycles. The standard InChI is InChI=1S/C13H17BrO2/c1-9(2)8-16-10(3)13(15)11-4-6-12(14)7-5-11/h4-7,9-10H,8H2,1-3H3. The van der Waals surface area contributed by atoms with E-state index in [0.717, 1.165) is 4.47 Å². The summed E-state index contributed by atoms with van der Waals surface area (Å²) in [5.74, 6) is 0.480. The third-order valence-electron chi connectivity index (χ3n) is 2.18. The molecule has 1 rings (SSSR count). The van der Waals surface area contributed by atoms with Gasteiger partial charge in [0.05, 0.1) is 0 Å². The third-order valence-corrected chi connectivity index (χ3v) is 2.71. The second-order valence-corrected chi connectivity index (χ2v) is 5.16. The summed E-state index contributed by atoms with van der Waals surface area (Å²) in [6, 6.07) is 7.34. The Balaban J connectivity index is 2.60. The molecule has 0 spiro atoms. The van der Waals surface area contributed by atoms with Gasteiger partial charge in [-0.05, 0) is 25.0 Å². The Morgan fingerprint density at radius 3 is 2.31 bits per heavy atom. The van der Waals surface area contributed by atoms with Crippen molar-refractivity contribution in [3.8, 4) is 0 Å². The van der Waals surface area contributed by atoms with Crippen molar-refractivity contribution >= 4 is 21.7 Å². The first kappa shape index (κ1) is 13.4. The minimum absolute atomic E-state index is 0.0353. The van der Waals surface area contributed by atoms with Crippen LogP contribution in [0.5, 0.6) is 0 Å². The van der Waals surface area contributed by atoms with Gasteiger partial charge >= 0.3 is 0 Å². The van der Waals surface area contributed by atoms with Crippen LogP contribution in [0.2, 0.25) is 0 Å². The fourth-order valence-corrected chi connectivity index (χ4v) is 1.53. The number of ketones is 1. The minimum atomic E-state index is -0.372. The predicted octanol–water partition coefficient (Wildman–Crippen LogP) is 3.69. The second kappa shape index (κ2) is 6.16. The average Bonchev–Trinajstić information content (AvgIpc) is 2.26. The molecular formula is C13H17BrO2. The van der Waals surface area contributed by atoms with E-state index in [0.29, 0.717) is 18.1 Å². The lowest BCUT2D eigenvalue weighted by atomic mass is 10.1. The Hall–Kier alpha value is -0.670. The number of halogens is 1. The molecule has 0 radical (unpaired) electrons. The quantitative estimate of drug-likeness (QED) is 0.771. The zero-order chi connectivity index (χ0) is 12.1. The molecule has 0 amide bonds. The molecule has 1 atom stereocenters. The van der Waals surface area contributed by atoms with Crippen LogP contribution in [-0.4, -0.2) is 18.5 Å². The van der Waals surface area contributed by atoms with Crippen LogP contribution in [-0.2, 0) is 4.74 Å². The van der Waals surface area contributed by atoms with Crippen LogP contribution in [0.3, 0.4) is 0 Å². The van der Waals surface area contributed by atoms with Gasteiger partial charge in [0.15, 0.2) is 5.78 Å². The predicted molar refractivity (Wildman–Crippen MR) is 68.7 cm³/mol. The molecule has 0 aliphatic heterocycles. The van der Waals surface area contributed by atoms with Crippen LogP contribution in [0.15, 0.2) is 28.7 Å². The molecule has 1 unspecified atom stereocenters. The molecule has 1 aromatic rings. The molecular weight excluding hydrogens is 268 g/mol. The Morgan fingerprint density at radius 2 is 1.81 bits per heavy atom. The van der Waals surface area contributed by atoms with E-state index in [-0.39, 0.29) is 11.9 Å². The van der Waals surface area contributed by atoms with Crippen molar-refractivity contribution in [3.63, 3.8) is 0 Å². The zero-order valence-electron chi connectivity index (χ0n) is 9.87. The molecule has 0 bridgehead atoms. The number of Topliss-reactive ketones (excluding diaryl/α,β-unsaturated/α-hetero) is 1. The lowest BCUT2D eigenvalue weighted by Gasteiger charge is -2.13. The Morgan fingerprint density at radius 1 is 1.25 bits per heavy atom. The lowest BCUT2D eigenvalue weighted by molar-refractivity contribution is 0.0385. The van der Waals surface area contributed by atoms with Crippen LogP contribution in [0.1, 0.15) is 31.1 Å². The van der Waals surface area contributed by atoms with Gasteiger partial charge in [-0.3, -0.25) is 4.79 Å². The van der Waals surface area contributed by atoms with Gasteiger partial charge in [0.25, 0.3) is 0 Å². The van der Waals surface area contributed by atoms with E-state index in [1.807, 2.05) is 24.3 Å². The number of hydrogen-bond donors (Lipinski definition) is 0. The zero-order valence-corrected chi connectivity index (χ0v) is 11.5. The normalized spacial score (nSPS) is 12.8. The van der Waals surface area contributed by atoms with E-state index < -0.39 is 0 Å². The van der Waals surface area contributed by atoms with Crippen molar-refractivity contribution in [1.29, 1.82) is 0 Å². The average molecular weight is 285 g/mol. The first-order valence-electron chi connectivity index (χ1n) is 5.42. The maximum absolute atomic E-state index is 11.9. The van der Waals surface area contributed by atoms with Gasteiger partial charge in [-0.25, -0.2) is 0 Å². The Kier molecular flexibility index (Phi) is 5.16. The van der Waals surface area contributed by atoms with Gasteiger partial charge in [0, 0.05) is 16.6 Å². The largest absolute Gasteiger partial charge is 0.370 e. The van der Waals surface area contributed by atoms with Crippen LogP contribution >= 0.6 is 15.9 Å². The molecule has 0 fully saturated rings. The molecule has 88 valence electrons. The molecule has 3 heteroatoms. The summed E-state index contributed by atoms with van der Waals surface area (Å²) in [5.41, 5.74) is 0.694. The van der Waals surface area contributed by atoms with Crippen molar-refractivity contribution in [2.45, 2.75) is 26.9 Å². The van der Waals surface area contributed by atoms with Crippen LogP contribution in [0.25, 0.3) is 0 Å². The lowest BCUT2D eigenvalue weighted by Crippen LogP contribution is -2.22. The highest BCUT2D eigenvalue weighted by Crippen LogP contribution is 2.13. The van der Waals surface area contributed by atoms with Crippen molar-refractivity contribution < 1.29 is 9.53 Å². The van der Waals surface area contributed by atoms with Crippen molar-refractivity contribution in [1.82, 2.24) is 0 Å². The van der Waals surface area contributed by atoms with Gasteiger partial charge in [-0.15, -0.1) is 0 Å². The number of benzene rings is 1. The van der Waals surface area contributed by atoms with Crippen LogP contribution in [0, 0.1) is 5.92 Å². The molecule has 2 nitrogen and oxygen atoms in total. The van der Waals surface area contributed by atoms with Gasteiger partial charge in [0.1, 0.15) is 6.10 Å². The summed E-state index contributed by atoms with van der Waals surface area (Å²) in [6.45, 7) is 6.55. The van der Waals surface area contributed by atoms with E-state index >= 15 is 0 Å². The molecule has 0 heterocycles. The highest BCUT2D eigenvalue weighted by atomic mass is 79.9. The van der Waals surface area contributed by atoms with E-state index in [2.05, 4.69) is 29.8 Å². The highest BCUT2D eigenvalue weighted by Gasteiger charge is 2.15. The fourth-order valence-electron chi connectivity index (χ4n) is 1.26. The number of ether oxygens (including phenoxy) is 1. The molecule has 0 aliphatic carbocycles. The summed E-state index contributed by atoms with van der Waals surface area (Å²) in [6.07, 6.45) is -0.372. The fraction of sp³-hybridized carbons (Fsp3) is 0.462. The smallest absolute Gasteiger partial charge is 0.191 e. The second-order valence-electron chi connectivity index (χ2n) is 4.24. The van der Waals surface area contributed by atoms with E-state index in [1.165, 1.54) is 0 Å². The van der Waals surface area contributed by atoms with E-state index in [1.54, 1.807) is 6.92 Å². The number of carbonyl (C=O) groups is 1. The summed E-state index contributed by atoms with van der Waals surface area (Å²) < 4.78 is 6.46. The minimum Gasteiger partial charge on any atom is -0.370 e. The Bertz CT molecular complexity index is 343. The van der Waals surface area contributed by atoms with Gasteiger partial charge in [0.2, 0.25) is 0 Å². The van der Waals surface area contributed by atoms with Crippen molar-refractivity contribution in [3.05, 3.63) is 34.3 Å². The molecule has 0 N–H and O–H groups in total. The van der Waals surface area contributed by atoms with Gasteiger partial charge in [-0.2, -0.15) is 0 Å². The maximum atomic E-state index is 11.9. The number of hydrogen-bond acceptors (Lipinski definition) is 2. The SMILES string of the molecule is CC(C)COC(C)C(=O)c1ccc(Br)cc1. The van der Waals surface area contributed by atoms with Crippen molar-refractivity contribution in [2.24, 2.45) is 5.92 Å². The van der Waals surface area contributed by atoms with Crippen LogP contribution in [0.4, 0.5) is 0 Å². The third kappa shape index (κ3) is 4.06. The summed E-state index contributed by atoms with van der Waals surface area (Å²) in [4.78, 5) is 11.9. The van der Waals surface area contributed by atoms with Gasteiger partial charge < -0.3 is 4.74 Å². The first-order chi connectivity index (χ1) is 7.50. The summed E-state index contributed by atoms with van der Waals surface area (Å²) in [7, 11) is 0. The summed E-state index contributed by atoms with van der Waals surface area (Å²) in [5, 5.41) is 0. The van der Waals surface area contributed by atoms with Gasteiger partial charge in [-0.1, -0.05) is 41.9 Å². The number of carbonyl (C=O) groups excluding carboxylic acids is 1. The molecule has 16 heavy (non-hydrogen) atoms. The first-order valence-corrected chi connectivity index (χ1v) is 6.21. The molecule has 0 saturated heterocycles. The topological polar surface area (TPSA) is 26.3 Å². The van der Waals surface area contributed by atoms with E-state index in [4.69, 9.17) is 4.74 Å². The number of rotatable bonds is 5. The van der Waals surface area contributed by atoms with E-state index in [9.17, 15) is 4.79 Å².